The summed E-state index contributed by atoms with van der Waals surface area (Å²) in [5.74, 6) is 0.227. The lowest BCUT2D eigenvalue weighted by Gasteiger charge is -2.28. The zero-order valence-corrected chi connectivity index (χ0v) is 11.3. The summed E-state index contributed by atoms with van der Waals surface area (Å²) in [5.41, 5.74) is -0.875. The van der Waals surface area contributed by atoms with E-state index >= 15 is 0 Å². The molecule has 17 heavy (non-hydrogen) atoms. The third-order valence-electron chi connectivity index (χ3n) is 2.95. The molecule has 96 valence electrons. The van der Waals surface area contributed by atoms with Gasteiger partial charge in [0.15, 0.2) is 0 Å². The zero-order valence-electron chi connectivity index (χ0n) is 11.3. The SMILES string of the molecule is CC(C)C(NC(=O)OC(C)(C)C)C1(C#N)CC1. The van der Waals surface area contributed by atoms with Crippen molar-refractivity contribution < 1.29 is 9.53 Å². The van der Waals surface area contributed by atoms with Gasteiger partial charge in [0, 0.05) is 0 Å². The predicted octanol–water partition coefficient (Wildman–Crippen LogP) is 2.84. The molecule has 4 heteroatoms. The molecule has 1 N–H and O–H groups in total. The third kappa shape index (κ3) is 3.62. The molecule has 4 nitrogen and oxygen atoms in total. The van der Waals surface area contributed by atoms with E-state index in [4.69, 9.17) is 4.74 Å². The molecule has 0 aromatic heterocycles. The van der Waals surface area contributed by atoms with Crippen LogP contribution in [0.1, 0.15) is 47.5 Å². The summed E-state index contributed by atoms with van der Waals surface area (Å²) < 4.78 is 5.23. The van der Waals surface area contributed by atoms with Crippen molar-refractivity contribution in [2.45, 2.75) is 59.1 Å². The first kappa shape index (κ1) is 13.8. The molecule has 1 amide bonds. The van der Waals surface area contributed by atoms with Crippen LogP contribution >= 0.6 is 0 Å². The van der Waals surface area contributed by atoms with E-state index in [0.29, 0.717) is 0 Å². The van der Waals surface area contributed by atoms with Gasteiger partial charge >= 0.3 is 6.09 Å². The molecule has 0 saturated heterocycles. The van der Waals surface area contributed by atoms with E-state index in [1.807, 2.05) is 34.6 Å². The molecule has 0 aromatic carbocycles. The van der Waals surface area contributed by atoms with Gasteiger partial charge in [-0.1, -0.05) is 13.8 Å². The quantitative estimate of drug-likeness (QED) is 0.822. The third-order valence-corrected chi connectivity index (χ3v) is 2.95. The molecule has 1 saturated carbocycles. The van der Waals surface area contributed by atoms with Crippen LogP contribution in [-0.4, -0.2) is 17.7 Å². The molecule has 0 radical (unpaired) electrons. The molecule has 1 aliphatic carbocycles. The van der Waals surface area contributed by atoms with Crippen LogP contribution in [0.4, 0.5) is 4.79 Å². The first-order valence-electron chi connectivity index (χ1n) is 6.11. The summed E-state index contributed by atoms with van der Waals surface area (Å²) in [6, 6.07) is 2.21. The summed E-state index contributed by atoms with van der Waals surface area (Å²) in [6.07, 6.45) is 1.29. The van der Waals surface area contributed by atoms with Crippen LogP contribution in [0.15, 0.2) is 0 Å². The fourth-order valence-corrected chi connectivity index (χ4v) is 2.00. The molecular formula is C13H22N2O2. The second-order valence-electron chi connectivity index (χ2n) is 6.14. The molecule has 1 fully saturated rings. The first-order valence-corrected chi connectivity index (χ1v) is 6.11. The highest BCUT2D eigenvalue weighted by Crippen LogP contribution is 2.50. The van der Waals surface area contributed by atoms with Crippen molar-refractivity contribution in [1.82, 2.24) is 5.32 Å². The van der Waals surface area contributed by atoms with Crippen LogP contribution in [0, 0.1) is 22.7 Å². The van der Waals surface area contributed by atoms with E-state index in [-0.39, 0.29) is 17.4 Å². The van der Waals surface area contributed by atoms with Crippen LogP contribution in [0.25, 0.3) is 0 Å². The number of hydrogen-bond acceptors (Lipinski definition) is 3. The number of amides is 1. The van der Waals surface area contributed by atoms with Crippen molar-refractivity contribution >= 4 is 6.09 Å². The van der Waals surface area contributed by atoms with Crippen molar-refractivity contribution in [2.24, 2.45) is 11.3 Å². The van der Waals surface area contributed by atoms with Crippen LogP contribution in [0.3, 0.4) is 0 Å². The topological polar surface area (TPSA) is 62.1 Å². The number of nitrogens with one attached hydrogen (secondary N) is 1. The van der Waals surface area contributed by atoms with Gasteiger partial charge in [-0.15, -0.1) is 0 Å². The summed E-state index contributed by atoms with van der Waals surface area (Å²) in [4.78, 5) is 11.7. The lowest BCUT2D eigenvalue weighted by molar-refractivity contribution is 0.0470. The Hall–Kier alpha value is -1.24. The number of alkyl carbamates (subject to hydrolysis) is 1. The molecule has 0 heterocycles. The van der Waals surface area contributed by atoms with Crippen molar-refractivity contribution in [3.63, 3.8) is 0 Å². The van der Waals surface area contributed by atoms with E-state index in [1.54, 1.807) is 0 Å². The minimum atomic E-state index is -0.505. The fourth-order valence-electron chi connectivity index (χ4n) is 2.00. The smallest absolute Gasteiger partial charge is 0.407 e. The second-order valence-corrected chi connectivity index (χ2v) is 6.14. The monoisotopic (exact) mass is 238 g/mol. The normalized spacial score (nSPS) is 19.4. The van der Waals surface area contributed by atoms with Gasteiger partial charge in [-0.3, -0.25) is 0 Å². The van der Waals surface area contributed by atoms with Crippen molar-refractivity contribution in [3.8, 4) is 6.07 Å². The van der Waals surface area contributed by atoms with E-state index in [1.165, 1.54) is 0 Å². The average Bonchev–Trinajstić information content (AvgIpc) is 2.91. The summed E-state index contributed by atoms with van der Waals surface area (Å²) in [6.45, 7) is 9.51. The lowest BCUT2D eigenvalue weighted by atomic mass is 9.89. The van der Waals surface area contributed by atoms with E-state index in [0.717, 1.165) is 12.8 Å². The Bertz CT molecular complexity index is 332. The number of hydrogen-bond donors (Lipinski definition) is 1. The Morgan fingerprint density at radius 1 is 1.41 bits per heavy atom. The second kappa shape index (κ2) is 4.56. The number of ether oxygens (including phenoxy) is 1. The van der Waals surface area contributed by atoms with Gasteiger partial charge in [-0.2, -0.15) is 5.26 Å². The van der Waals surface area contributed by atoms with Gasteiger partial charge in [-0.25, -0.2) is 4.79 Å². The van der Waals surface area contributed by atoms with Gasteiger partial charge in [-0.05, 0) is 39.5 Å². The maximum absolute atomic E-state index is 11.7. The fraction of sp³-hybridized carbons (Fsp3) is 0.846. The Morgan fingerprint density at radius 2 is 1.94 bits per heavy atom. The minimum Gasteiger partial charge on any atom is -0.444 e. The molecule has 1 rings (SSSR count). The largest absolute Gasteiger partial charge is 0.444 e. The Morgan fingerprint density at radius 3 is 2.24 bits per heavy atom. The molecular weight excluding hydrogens is 216 g/mol. The molecule has 0 aliphatic heterocycles. The number of carbonyl (C=O) groups excluding carboxylic acids is 1. The zero-order chi connectivity index (χ0) is 13.3. The van der Waals surface area contributed by atoms with Gasteiger partial charge < -0.3 is 10.1 Å². The maximum atomic E-state index is 11.7. The van der Waals surface area contributed by atoms with Gasteiger partial charge in [0.25, 0.3) is 0 Å². The lowest BCUT2D eigenvalue weighted by Crippen LogP contribution is -2.46. The maximum Gasteiger partial charge on any atom is 0.407 e. The van der Waals surface area contributed by atoms with Gasteiger partial charge in [0.2, 0.25) is 0 Å². The van der Waals surface area contributed by atoms with Crippen LogP contribution in [0.2, 0.25) is 0 Å². The summed E-state index contributed by atoms with van der Waals surface area (Å²) in [5, 5.41) is 12.0. The molecule has 0 aromatic rings. The Kier molecular flexibility index (Phi) is 3.71. The molecule has 0 bridgehead atoms. The van der Waals surface area contributed by atoms with E-state index in [9.17, 15) is 10.1 Å². The van der Waals surface area contributed by atoms with E-state index < -0.39 is 11.7 Å². The van der Waals surface area contributed by atoms with Crippen molar-refractivity contribution in [3.05, 3.63) is 0 Å². The highest BCUT2D eigenvalue weighted by molar-refractivity contribution is 5.68. The van der Waals surface area contributed by atoms with Gasteiger partial charge in [0.1, 0.15) is 5.60 Å². The highest BCUT2D eigenvalue weighted by atomic mass is 16.6. The molecule has 1 aliphatic rings. The minimum absolute atomic E-state index is 0.123. The number of nitriles is 1. The highest BCUT2D eigenvalue weighted by Gasteiger charge is 2.52. The molecule has 1 unspecified atom stereocenters. The summed E-state index contributed by atoms with van der Waals surface area (Å²) in [7, 11) is 0. The summed E-state index contributed by atoms with van der Waals surface area (Å²) >= 11 is 0. The molecule has 1 atom stereocenters. The predicted molar refractivity (Wildman–Crippen MR) is 65.3 cm³/mol. The Balaban J connectivity index is 2.64. The van der Waals surface area contributed by atoms with Crippen molar-refractivity contribution in [1.29, 1.82) is 5.26 Å². The standard InChI is InChI=1S/C13H22N2O2/c1-9(2)10(13(8-14)6-7-13)15-11(16)17-12(3,4)5/h9-10H,6-7H2,1-5H3,(H,15,16). The van der Waals surface area contributed by atoms with Gasteiger partial charge in [0.05, 0.1) is 17.5 Å². The Labute approximate surface area is 103 Å². The number of carbonyl (C=O) groups is 1. The van der Waals surface area contributed by atoms with Crippen LogP contribution in [-0.2, 0) is 4.74 Å². The van der Waals surface area contributed by atoms with Crippen LogP contribution < -0.4 is 5.32 Å². The van der Waals surface area contributed by atoms with Crippen molar-refractivity contribution in [2.75, 3.05) is 0 Å². The average molecular weight is 238 g/mol. The number of nitrogens with zero attached hydrogens (tertiary/aromatic N) is 1. The van der Waals surface area contributed by atoms with Crippen LogP contribution in [0.5, 0.6) is 0 Å². The first-order chi connectivity index (χ1) is 7.70. The number of rotatable bonds is 3. The molecule has 0 spiro atoms. The van der Waals surface area contributed by atoms with E-state index in [2.05, 4.69) is 11.4 Å².